The van der Waals surface area contributed by atoms with E-state index in [1.807, 2.05) is 18.3 Å². The summed E-state index contributed by atoms with van der Waals surface area (Å²) in [6.07, 6.45) is 10.1. The largest absolute Gasteiger partial charge is 0.340 e. The summed E-state index contributed by atoms with van der Waals surface area (Å²) in [5, 5.41) is 0. The van der Waals surface area contributed by atoms with Gasteiger partial charge < -0.3 is 9.38 Å². The number of likely N-dealkylation sites (tertiary alicyclic amines) is 1. The van der Waals surface area contributed by atoms with Gasteiger partial charge in [0.25, 0.3) is 0 Å². The number of hydrogen-bond donors (Lipinski definition) is 1. The number of imidazole rings is 1. The minimum Gasteiger partial charge on any atom is -0.340 e. The average molecular weight is 485 g/mol. The first kappa shape index (κ1) is 21.9. The first-order chi connectivity index (χ1) is 18.3. The van der Waals surface area contributed by atoms with Crippen molar-refractivity contribution in [1.82, 2.24) is 29.2 Å². The molecule has 0 aliphatic carbocycles. The molecule has 1 aliphatic heterocycles. The van der Waals surface area contributed by atoms with E-state index in [-0.39, 0.29) is 0 Å². The SMILES string of the molecule is c1ccc(-c2cn3cccc3nc2-c2ccc(CN3CCC(c4nc5ccncc5[nH]4)CC3)cc2)cc1. The molecule has 0 spiro atoms. The summed E-state index contributed by atoms with van der Waals surface area (Å²) in [6.45, 7) is 3.12. The maximum atomic E-state index is 5.02. The normalized spacial score (nSPS) is 15.0. The van der Waals surface area contributed by atoms with Crippen molar-refractivity contribution in [3.63, 3.8) is 0 Å². The summed E-state index contributed by atoms with van der Waals surface area (Å²) in [7, 11) is 0. The number of fused-ring (bicyclic) bond motifs is 2. The molecule has 0 bridgehead atoms. The Bertz CT molecular complexity index is 1620. The standard InChI is InChI=1S/C31H28N6/c1-2-5-23(6-3-1)26-21-37-16-4-7-29(37)35-30(26)24-10-8-22(9-11-24)20-36-17-13-25(14-18-36)31-33-27-12-15-32-19-28(27)34-31/h1-12,15-16,19,21,25H,13-14,17-18,20H2,(H,33,34). The zero-order valence-electron chi connectivity index (χ0n) is 20.6. The highest BCUT2D eigenvalue weighted by Gasteiger charge is 2.23. The van der Waals surface area contributed by atoms with Gasteiger partial charge in [0.05, 0.1) is 22.9 Å². The fourth-order valence-corrected chi connectivity index (χ4v) is 5.47. The topological polar surface area (TPSA) is 62.1 Å². The number of hydrogen-bond acceptors (Lipinski definition) is 4. The van der Waals surface area contributed by atoms with Gasteiger partial charge in [0.1, 0.15) is 11.5 Å². The molecule has 1 aliphatic rings. The number of aromatic nitrogens is 5. The van der Waals surface area contributed by atoms with Gasteiger partial charge in [0, 0.05) is 42.2 Å². The molecule has 1 fully saturated rings. The number of benzene rings is 2. The number of H-pyrrole nitrogens is 1. The van der Waals surface area contributed by atoms with Crippen molar-refractivity contribution >= 4 is 16.7 Å². The molecule has 6 nitrogen and oxygen atoms in total. The predicted molar refractivity (Wildman–Crippen MR) is 147 cm³/mol. The highest BCUT2D eigenvalue weighted by atomic mass is 15.1. The molecule has 6 aromatic rings. The van der Waals surface area contributed by atoms with Crippen LogP contribution in [0.3, 0.4) is 0 Å². The van der Waals surface area contributed by atoms with Gasteiger partial charge in [-0.3, -0.25) is 9.88 Å². The molecule has 0 radical (unpaired) electrons. The summed E-state index contributed by atoms with van der Waals surface area (Å²) in [5.74, 6) is 1.59. The third kappa shape index (κ3) is 4.30. The Hall–Kier alpha value is -4.29. The molecule has 37 heavy (non-hydrogen) atoms. The van der Waals surface area contributed by atoms with E-state index in [1.165, 1.54) is 11.1 Å². The maximum absolute atomic E-state index is 5.02. The van der Waals surface area contributed by atoms with Gasteiger partial charge in [-0.2, -0.15) is 0 Å². The predicted octanol–water partition coefficient (Wildman–Crippen LogP) is 6.32. The van der Waals surface area contributed by atoms with Gasteiger partial charge >= 0.3 is 0 Å². The second kappa shape index (κ2) is 9.30. The zero-order valence-corrected chi connectivity index (χ0v) is 20.6. The van der Waals surface area contributed by atoms with E-state index in [1.54, 1.807) is 6.20 Å². The van der Waals surface area contributed by atoms with Gasteiger partial charge in [-0.1, -0.05) is 54.6 Å². The van der Waals surface area contributed by atoms with Crippen LogP contribution >= 0.6 is 0 Å². The van der Waals surface area contributed by atoms with Gasteiger partial charge in [-0.15, -0.1) is 0 Å². The lowest BCUT2D eigenvalue weighted by Gasteiger charge is -2.31. The molecule has 7 rings (SSSR count). The van der Waals surface area contributed by atoms with Gasteiger partial charge in [0.2, 0.25) is 0 Å². The van der Waals surface area contributed by atoms with Crippen molar-refractivity contribution in [3.8, 4) is 22.4 Å². The molecule has 2 aromatic carbocycles. The molecule has 0 saturated carbocycles. The molecule has 1 saturated heterocycles. The van der Waals surface area contributed by atoms with E-state index in [2.05, 4.69) is 92.3 Å². The third-order valence-electron chi connectivity index (χ3n) is 7.50. The molecule has 5 heterocycles. The third-order valence-corrected chi connectivity index (χ3v) is 7.50. The minimum atomic E-state index is 0.484. The van der Waals surface area contributed by atoms with Crippen LogP contribution in [0.15, 0.2) is 97.6 Å². The number of aromatic amines is 1. The maximum Gasteiger partial charge on any atom is 0.137 e. The van der Waals surface area contributed by atoms with Crippen LogP contribution in [0.25, 0.3) is 39.1 Å². The van der Waals surface area contributed by atoms with Crippen LogP contribution in [0.1, 0.15) is 30.1 Å². The molecule has 4 aromatic heterocycles. The second-order valence-electron chi connectivity index (χ2n) is 9.91. The van der Waals surface area contributed by atoms with Crippen molar-refractivity contribution < 1.29 is 0 Å². The summed E-state index contributed by atoms with van der Waals surface area (Å²) in [5.41, 5.74) is 8.81. The fraction of sp³-hybridized carbons (Fsp3) is 0.194. The Labute approximate surface area is 215 Å². The fourth-order valence-electron chi connectivity index (χ4n) is 5.47. The number of piperidine rings is 1. The highest BCUT2D eigenvalue weighted by Crippen LogP contribution is 2.32. The van der Waals surface area contributed by atoms with Gasteiger partial charge in [0.15, 0.2) is 0 Å². The van der Waals surface area contributed by atoms with Crippen LogP contribution < -0.4 is 0 Å². The molecule has 182 valence electrons. The first-order valence-electron chi connectivity index (χ1n) is 12.9. The van der Waals surface area contributed by atoms with E-state index < -0.39 is 0 Å². The molecule has 0 amide bonds. The molecule has 0 unspecified atom stereocenters. The lowest BCUT2D eigenvalue weighted by molar-refractivity contribution is 0.202. The lowest BCUT2D eigenvalue weighted by Crippen LogP contribution is -2.32. The van der Waals surface area contributed by atoms with Crippen LogP contribution in [0, 0.1) is 0 Å². The van der Waals surface area contributed by atoms with Crippen molar-refractivity contribution in [3.05, 3.63) is 109 Å². The first-order valence-corrected chi connectivity index (χ1v) is 12.9. The van der Waals surface area contributed by atoms with Crippen LogP contribution in [-0.4, -0.2) is 42.3 Å². The minimum absolute atomic E-state index is 0.484. The van der Waals surface area contributed by atoms with Crippen LogP contribution in [0.4, 0.5) is 0 Å². The van der Waals surface area contributed by atoms with E-state index in [4.69, 9.17) is 9.97 Å². The Balaban J connectivity index is 1.07. The number of pyridine rings is 1. The van der Waals surface area contributed by atoms with Crippen LogP contribution in [-0.2, 0) is 6.54 Å². The summed E-state index contributed by atoms with van der Waals surface area (Å²) < 4.78 is 2.09. The van der Waals surface area contributed by atoms with Crippen molar-refractivity contribution in [2.24, 2.45) is 0 Å². The van der Waals surface area contributed by atoms with E-state index in [0.717, 1.165) is 71.8 Å². The quantitative estimate of drug-likeness (QED) is 0.311. The van der Waals surface area contributed by atoms with Gasteiger partial charge in [-0.25, -0.2) is 9.97 Å². The van der Waals surface area contributed by atoms with E-state index >= 15 is 0 Å². The lowest BCUT2D eigenvalue weighted by atomic mass is 9.95. The Kier molecular flexibility index (Phi) is 5.52. The van der Waals surface area contributed by atoms with Gasteiger partial charge in [-0.05, 0) is 55.3 Å². The molecule has 1 N–H and O–H groups in total. The summed E-state index contributed by atoms with van der Waals surface area (Å²) >= 11 is 0. The highest BCUT2D eigenvalue weighted by molar-refractivity contribution is 5.81. The van der Waals surface area contributed by atoms with Crippen molar-refractivity contribution in [1.29, 1.82) is 0 Å². The smallest absolute Gasteiger partial charge is 0.137 e. The van der Waals surface area contributed by atoms with Crippen molar-refractivity contribution in [2.45, 2.75) is 25.3 Å². The monoisotopic (exact) mass is 484 g/mol. The number of rotatable bonds is 5. The summed E-state index contributed by atoms with van der Waals surface area (Å²) in [4.78, 5) is 20.1. The zero-order chi connectivity index (χ0) is 24.6. The molecule has 6 heteroatoms. The Morgan fingerprint density at radius 1 is 0.838 bits per heavy atom. The number of nitrogens with zero attached hydrogens (tertiary/aromatic N) is 5. The summed E-state index contributed by atoms with van der Waals surface area (Å²) in [6, 6.07) is 25.5. The molecule has 0 atom stereocenters. The number of nitrogens with one attached hydrogen (secondary N) is 1. The van der Waals surface area contributed by atoms with E-state index in [9.17, 15) is 0 Å². The average Bonchev–Trinajstić information content (AvgIpc) is 3.60. The molecular weight excluding hydrogens is 456 g/mol. The Morgan fingerprint density at radius 2 is 1.68 bits per heavy atom. The Morgan fingerprint density at radius 3 is 2.49 bits per heavy atom. The van der Waals surface area contributed by atoms with Crippen LogP contribution in [0.5, 0.6) is 0 Å². The molecular formula is C31H28N6. The van der Waals surface area contributed by atoms with Crippen LogP contribution in [0.2, 0.25) is 0 Å². The van der Waals surface area contributed by atoms with E-state index in [0.29, 0.717) is 5.92 Å². The van der Waals surface area contributed by atoms with Crippen molar-refractivity contribution in [2.75, 3.05) is 13.1 Å². The second-order valence-corrected chi connectivity index (χ2v) is 9.91.